The van der Waals surface area contributed by atoms with Gasteiger partial charge in [-0.25, -0.2) is 0 Å². The summed E-state index contributed by atoms with van der Waals surface area (Å²) in [4.78, 5) is 12.5. The Morgan fingerprint density at radius 1 is 1.10 bits per heavy atom. The molecule has 0 radical (unpaired) electrons. The molecular weight excluding hydrogens is 390 g/mol. The third kappa shape index (κ3) is 3.09. The zero-order valence-corrected chi connectivity index (χ0v) is 16.2. The molecular formula is C21H16ClN5O2. The maximum atomic E-state index is 12.5. The van der Waals surface area contributed by atoms with E-state index in [-0.39, 0.29) is 23.4 Å². The molecule has 0 spiro atoms. The van der Waals surface area contributed by atoms with Crippen molar-refractivity contribution in [1.82, 2.24) is 20.0 Å². The van der Waals surface area contributed by atoms with Crippen LogP contribution in [0.1, 0.15) is 29.4 Å². The normalized spacial score (nSPS) is 15.8. The maximum absolute atomic E-state index is 12.5. The first-order valence-corrected chi connectivity index (χ1v) is 9.52. The average molecular weight is 406 g/mol. The largest absolute Gasteiger partial charge is 0.460 e. The van der Waals surface area contributed by atoms with E-state index in [1.54, 1.807) is 16.8 Å². The summed E-state index contributed by atoms with van der Waals surface area (Å²) in [5.41, 5.74) is 2.69. The minimum atomic E-state index is -0.231. The van der Waals surface area contributed by atoms with E-state index in [0.717, 1.165) is 28.3 Å². The van der Waals surface area contributed by atoms with Crippen LogP contribution in [0.5, 0.6) is 0 Å². The molecule has 1 atom stereocenters. The van der Waals surface area contributed by atoms with E-state index >= 15 is 0 Å². The molecule has 0 saturated carbocycles. The van der Waals surface area contributed by atoms with Gasteiger partial charge in [0.1, 0.15) is 17.3 Å². The van der Waals surface area contributed by atoms with Crippen LogP contribution in [0, 0.1) is 6.92 Å². The molecule has 144 valence electrons. The molecule has 0 saturated heterocycles. The summed E-state index contributed by atoms with van der Waals surface area (Å²) in [7, 11) is 0. The fraction of sp³-hybridized carbons (Fsp3) is 0.143. The van der Waals surface area contributed by atoms with Crippen LogP contribution in [-0.2, 0) is 4.79 Å². The molecule has 7 nitrogen and oxygen atoms in total. The van der Waals surface area contributed by atoms with E-state index < -0.39 is 0 Å². The van der Waals surface area contributed by atoms with E-state index in [9.17, 15) is 4.79 Å². The first-order valence-electron chi connectivity index (χ1n) is 9.14. The number of nitrogens with zero attached hydrogens (tertiary/aromatic N) is 4. The predicted octanol–water partition coefficient (Wildman–Crippen LogP) is 4.36. The predicted molar refractivity (Wildman–Crippen MR) is 108 cm³/mol. The molecule has 1 aromatic carbocycles. The fourth-order valence-corrected chi connectivity index (χ4v) is 3.78. The number of halogens is 1. The Labute approximate surface area is 171 Å². The zero-order valence-electron chi connectivity index (χ0n) is 15.5. The van der Waals surface area contributed by atoms with Crippen LogP contribution in [0.25, 0.3) is 17.1 Å². The number of fused-ring (bicyclic) bond motifs is 1. The van der Waals surface area contributed by atoms with E-state index in [4.69, 9.17) is 16.0 Å². The lowest BCUT2D eigenvalue weighted by Gasteiger charge is -2.22. The smallest absolute Gasteiger partial charge is 0.226 e. The standard InChI is InChI=1S/C21H16ClN5O2/c1-12-20-14(16-8-7-15(29-16)13-5-3-2-4-6-13)11-19(28)23-21(20)27(26-12)18-10-9-17(22)24-25-18/h2-10,14H,11H2,1H3,(H,23,28). The van der Waals surface area contributed by atoms with Crippen molar-refractivity contribution in [3.05, 3.63) is 76.8 Å². The number of nitrogens with one attached hydrogen (secondary N) is 1. The number of furan rings is 1. The van der Waals surface area contributed by atoms with E-state index in [2.05, 4.69) is 20.6 Å². The molecule has 29 heavy (non-hydrogen) atoms. The Balaban J connectivity index is 1.59. The van der Waals surface area contributed by atoms with Crippen LogP contribution in [0.4, 0.5) is 5.82 Å². The summed E-state index contributed by atoms with van der Waals surface area (Å²) in [6.45, 7) is 1.91. The van der Waals surface area contributed by atoms with Gasteiger partial charge in [0.15, 0.2) is 11.0 Å². The number of carbonyl (C=O) groups is 1. The lowest BCUT2D eigenvalue weighted by Crippen LogP contribution is -2.24. The van der Waals surface area contributed by atoms with Gasteiger partial charge >= 0.3 is 0 Å². The van der Waals surface area contributed by atoms with Crippen molar-refractivity contribution >= 4 is 23.3 Å². The Morgan fingerprint density at radius 3 is 2.69 bits per heavy atom. The van der Waals surface area contributed by atoms with E-state index in [0.29, 0.717) is 11.6 Å². The highest BCUT2D eigenvalue weighted by Gasteiger charge is 2.34. The Kier molecular flexibility index (Phi) is 4.17. The Hall–Kier alpha value is -3.45. The molecule has 1 unspecified atom stereocenters. The van der Waals surface area contributed by atoms with Crippen molar-refractivity contribution in [1.29, 1.82) is 0 Å². The minimum Gasteiger partial charge on any atom is -0.460 e. The maximum Gasteiger partial charge on any atom is 0.226 e. The first kappa shape index (κ1) is 17.6. The third-order valence-electron chi connectivity index (χ3n) is 4.97. The van der Waals surface area contributed by atoms with Gasteiger partial charge in [-0.3, -0.25) is 4.79 Å². The molecule has 1 N–H and O–H groups in total. The number of rotatable bonds is 3. The number of hydrogen-bond donors (Lipinski definition) is 1. The van der Waals surface area contributed by atoms with Crippen molar-refractivity contribution in [3.8, 4) is 17.1 Å². The molecule has 0 bridgehead atoms. The Bertz CT molecular complexity index is 1200. The fourth-order valence-electron chi connectivity index (χ4n) is 3.68. The second-order valence-corrected chi connectivity index (χ2v) is 7.23. The summed E-state index contributed by atoms with van der Waals surface area (Å²) in [6, 6.07) is 17.1. The quantitative estimate of drug-likeness (QED) is 0.547. The first-order chi connectivity index (χ1) is 14.1. The molecule has 4 heterocycles. The lowest BCUT2D eigenvalue weighted by molar-refractivity contribution is -0.116. The van der Waals surface area contributed by atoms with Gasteiger partial charge in [0.25, 0.3) is 0 Å². The molecule has 3 aromatic heterocycles. The Morgan fingerprint density at radius 2 is 1.93 bits per heavy atom. The van der Waals surface area contributed by atoms with Gasteiger partial charge in [-0.05, 0) is 31.2 Å². The molecule has 1 amide bonds. The number of aryl methyl sites for hydroxylation is 1. The van der Waals surface area contributed by atoms with Gasteiger partial charge in [-0.1, -0.05) is 41.9 Å². The summed E-state index contributed by atoms with van der Waals surface area (Å²) in [5, 5.41) is 15.7. The molecule has 1 aliphatic rings. The molecule has 0 aliphatic carbocycles. The molecule has 4 aromatic rings. The van der Waals surface area contributed by atoms with Gasteiger partial charge in [-0.15, -0.1) is 10.2 Å². The van der Waals surface area contributed by atoms with Crippen LogP contribution >= 0.6 is 11.6 Å². The van der Waals surface area contributed by atoms with Crippen molar-refractivity contribution in [2.24, 2.45) is 0 Å². The second-order valence-electron chi connectivity index (χ2n) is 6.85. The van der Waals surface area contributed by atoms with Crippen molar-refractivity contribution in [2.45, 2.75) is 19.3 Å². The van der Waals surface area contributed by atoms with Gasteiger partial charge in [0.05, 0.1) is 11.6 Å². The van der Waals surface area contributed by atoms with E-state index in [1.807, 2.05) is 49.4 Å². The van der Waals surface area contributed by atoms with Crippen LogP contribution in [0.2, 0.25) is 5.15 Å². The van der Waals surface area contributed by atoms with Gasteiger partial charge < -0.3 is 9.73 Å². The van der Waals surface area contributed by atoms with Gasteiger partial charge in [0.2, 0.25) is 5.91 Å². The zero-order chi connectivity index (χ0) is 20.0. The highest BCUT2D eigenvalue weighted by molar-refractivity contribution is 6.29. The molecule has 5 rings (SSSR count). The van der Waals surface area contributed by atoms with Crippen molar-refractivity contribution in [2.75, 3.05) is 5.32 Å². The molecule has 0 fully saturated rings. The topological polar surface area (TPSA) is 85.8 Å². The average Bonchev–Trinajstić information content (AvgIpc) is 3.34. The van der Waals surface area contributed by atoms with Gasteiger partial charge in [-0.2, -0.15) is 9.78 Å². The SMILES string of the molecule is Cc1nn(-c2ccc(Cl)nn2)c2c1C(c1ccc(-c3ccccc3)o1)CC(=O)N2. The highest BCUT2D eigenvalue weighted by atomic mass is 35.5. The number of hydrogen-bond acceptors (Lipinski definition) is 5. The monoisotopic (exact) mass is 405 g/mol. The number of carbonyl (C=O) groups excluding carboxylic acids is 1. The van der Waals surface area contributed by atoms with Crippen molar-refractivity contribution < 1.29 is 9.21 Å². The summed E-state index contributed by atoms with van der Waals surface area (Å²) in [6.07, 6.45) is 0.285. The molecule has 1 aliphatic heterocycles. The second kappa shape index (κ2) is 6.86. The summed E-state index contributed by atoms with van der Waals surface area (Å²) >= 11 is 5.84. The van der Waals surface area contributed by atoms with Crippen LogP contribution in [0.15, 0.2) is 59.0 Å². The molecule has 8 heteroatoms. The number of aromatic nitrogens is 4. The summed E-state index contributed by atoms with van der Waals surface area (Å²) < 4.78 is 7.72. The number of benzene rings is 1. The van der Waals surface area contributed by atoms with E-state index in [1.165, 1.54) is 0 Å². The van der Waals surface area contributed by atoms with Gasteiger partial charge in [0, 0.05) is 17.5 Å². The minimum absolute atomic E-state index is 0.108. The van der Waals surface area contributed by atoms with Crippen molar-refractivity contribution in [3.63, 3.8) is 0 Å². The third-order valence-corrected chi connectivity index (χ3v) is 5.17. The van der Waals surface area contributed by atoms with Crippen LogP contribution in [0.3, 0.4) is 0 Å². The lowest BCUT2D eigenvalue weighted by atomic mass is 9.90. The number of anilines is 1. The van der Waals surface area contributed by atoms with Crippen LogP contribution in [-0.4, -0.2) is 25.9 Å². The van der Waals surface area contributed by atoms with Crippen LogP contribution < -0.4 is 5.32 Å². The number of amides is 1. The highest BCUT2D eigenvalue weighted by Crippen LogP contribution is 2.41. The summed E-state index contributed by atoms with van der Waals surface area (Å²) in [5.74, 6) is 2.21.